The highest BCUT2D eigenvalue weighted by atomic mass is 16.5. The number of ether oxygens (including phenoxy) is 1. The summed E-state index contributed by atoms with van der Waals surface area (Å²) in [5, 5.41) is 0. The Balaban J connectivity index is 1.54. The monoisotopic (exact) mass is 338 g/mol. The molecular weight excluding hydrogens is 320 g/mol. The second-order valence-corrected chi connectivity index (χ2v) is 7.15. The third-order valence-electron chi connectivity index (χ3n) is 6.07. The normalized spacial score (nSPS) is 30.2. The number of carbonyl (C=O) groups is 2. The molecule has 2 heterocycles. The second kappa shape index (κ2) is 5.18. The molecule has 2 aromatic rings. The number of carbonyl (C=O) groups excluding carboxylic acids is 2. The van der Waals surface area contributed by atoms with Gasteiger partial charge < -0.3 is 9.15 Å². The maximum atomic E-state index is 12.9. The van der Waals surface area contributed by atoms with Crippen molar-refractivity contribution in [2.24, 2.45) is 23.7 Å². The SMILES string of the molecule is COc1cc(N2C(=O)[C@@H]3C4CCC(C4)[C@@H]3C2=O)ccc1-c1cnco1. The van der Waals surface area contributed by atoms with Crippen LogP contribution in [0.2, 0.25) is 0 Å². The van der Waals surface area contributed by atoms with Crippen molar-refractivity contribution in [1.82, 2.24) is 4.98 Å². The number of aromatic nitrogens is 1. The fourth-order valence-electron chi connectivity index (χ4n) is 5.03. The molecule has 6 heteroatoms. The van der Waals surface area contributed by atoms with Gasteiger partial charge in [-0.05, 0) is 43.2 Å². The van der Waals surface area contributed by atoms with Crippen molar-refractivity contribution in [1.29, 1.82) is 0 Å². The molecule has 3 aliphatic rings. The van der Waals surface area contributed by atoms with Gasteiger partial charge in [0, 0.05) is 6.07 Å². The van der Waals surface area contributed by atoms with Gasteiger partial charge in [-0.15, -0.1) is 0 Å². The fraction of sp³-hybridized carbons (Fsp3) is 0.421. The first-order valence-electron chi connectivity index (χ1n) is 8.63. The molecule has 6 nitrogen and oxygen atoms in total. The summed E-state index contributed by atoms with van der Waals surface area (Å²) in [6.07, 6.45) is 6.15. The first kappa shape index (κ1) is 14.7. The molecule has 4 atom stereocenters. The van der Waals surface area contributed by atoms with Crippen LogP contribution in [0.4, 0.5) is 5.69 Å². The zero-order chi connectivity index (χ0) is 17.1. The second-order valence-electron chi connectivity index (χ2n) is 7.15. The molecule has 2 bridgehead atoms. The number of oxazole rings is 1. The van der Waals surface area contributed by atoms with Crippen molar-refractivity contribution < 1.29 is 18.7 Å². The van der Waals surface area contributed by atoms with E-state index < -0.39 is 0 Å². The van der Waals surface area contributed by atoms with E-state index in [4.69, 9.17) is 9.15 Å². The first-order chi connectivity index (χ1) is 12.2. The Hall–Kier alpha value is -2.63. The predicted octanol–water partition coefficient (Wildman–Crippen LogP) is 2.89. The molecule has 0 spiro atoms. The van der Waals surface area contributed by atoms with Gasteiger partial charge in [-0.25, -0.2) is 9.88 Å². The summed E-state index contributed by atoms with van der Waals surface area (Å²) in [6.45, 7) is 0. The van der Waals surface area contributed by atoms with Crippen LogP contribution < -0.4 is 9.64 Å². The quantitative estimate of drug-likeness (QED) is 0.805. The van der Waals surface area contributed by atoms with Gasteiger partial charge in [0.25, 0.3) is 0 Å². The molecule has 5 rings (SSSR count). The van der Waals surface area contributed by atoms with Gasteiger partial charge in [0.15, 0.2) is 12.2 Å². The maximum absolute atomic E-state index is 12.9. The summed E-state index contributed by atoms with van der Waals surface area (Å²) in [5.41, 5.74) is 1.31. The van der Waals surface area contributed by atoms with Crippen LogP contribution in [0.15, 0.2) is 35.2 Å². The van der Waals surface area contributed by atoms with E-state index in [1.54, 1.807) is 31.5 Å². The van der Waals surface area contributed by atoms with Gasteiger partial charge in [0.1, 0.15) is 5.75 Å². The molecule has 25 heavy (non-hydrogen) atoms. The molecule has 1 aliphatic heterocycles. The Labute approximate surface area is 144 Å². The van der Waals surface area contributed by atoms with Crippen molar-refractivity contribution in [3.63, 3.8) is 0 Å². The Morgan fingerprint density at radius 1 is 1.16 bits per heavy atom. The number of imide groups is 1. The number of hydrogen-bond donors (Lipinski definition) is 0. The minimum absolute atomic E-state index is 0.0448. The highest BCUT2D eigenvalue weighted by molar-refractivity contribution is 6.22. The molecule has 2 amide bonds. The maximum Gasteiger partial charge on any atom is 0.237 e. The fourth-order valence-corrected chi connectivity index (χ4v) is 5.03. The van der Waals surface area contributed by atoms with Crippen molar-refractivity contribution in [3.8, 4) is 17.1 Å². The van der Waals surface area contributed by atoms with E-state index in [1.807, 2.05) is 0 Å². The van der Waals surface area contributed by atoms with E-state index >= 15 is 0 Å². The Morgan fingerprint density at radius 2 is 1.88 bits per heavy atom. The summed E-state index contributed by atoms with van der Waals surface area (Å²) in [7, 11) is 1.56. The van der Waals surface area contributed by atoms with E-state index in [0.29, 0.717) is 29.0 Å². The highest BCUT2D eigenvalue weighted by Crippen LogP contribution is 2.56. The third-order valence-corrected chi connectivity index (χ3v) is 6.07. The van der Waals surface area contributed by atoms with Gasteiger partial charge in [-0.3, -0.25) is 9.59 Å². The van der Waals surface area contributed by atoms with Crippen LogP contribution in [-0.2, 0) is 9.59 Å². The van der Waals surface area contributed by atoms with Crippen LogP contribution in [0, 0.1) is 23.7 Å². The lowest BCUT2D eigenvalue weighted by Gasteiger charge is -2.19. The number of methoxy groups -OCH3 is 1. The Bertz CT molecular complexity index is 832. The molecule has 2 unspecified atom stereocenters. The van der Waals surface area contributed by atoms with Gasteiger partial charge in [0.05, 0.1) is 36.4 Å². The summed E-state index contributed by atoms with van der Waals surface area (Å²) < 4.78 is 10.8. The van der Waals surface area contributed by atoms with Gasteiger partial charge in [-0.1, -0.05) is 0 Å². The van der Waals surface area contributed by atoms with Crippen molar-refractivity contribution in [2.45, 2.75) is 19.3 Å². The number of benzene rings is 1. The Kier molecular flexibility index (Phi) is 3.04. The Morgan fingerprint density at radius 3 is 2.48 bits per heavy atom. The molecule has 128 valence electrons. The van der Waals surface area contributed by atoms with Crippen molar-refractivity contribution in [3.05, 3.63) is 30.8 Å². The highest BCUT2D eigenvalue weighted by Gasteiger charge is 2.61. The zero-order valence-corrected chi connectivity index (χ0v) is 13.8. The smallest absolute Gasteiger partial charge is 0.237 e. The number of rotatable bonds is 3. The molecule has 1 saturated heterocycles. The predicted molar refractivity (Wildman–Crippen MR) is 88.8 cm³/mol. The molecule has 3 fully saturated rings. The summed E-state index contributed by atoms with van der Waals surface area (Å²) in [5.74, 6) is 1.57. The number of nitrogens with zero attached hydrogens (tertiary/aromatic N) is 2. The topological polar surface area (TPSA) is 72.6 Å². The molecule has 1 aromatic carbocycles. The summed E-state index contributed by atoms with van der Waals surface area (Å²) >= 11 is 0. The summed E-state index contributed by atoms with van der Waals surface area (Å²) in [6, 6.07) is 5.31. The lowest BCUT2D eigenvalue weighted by Crippen LogP contribution is -2.32. The molecule has 2 saturated carbocycles. The zero-order valence-electron chi connectivity index (χ0n) is 13.8. The van der Waals surface area contributed by atoms with E-state index in [0.717, 1.165) is 24.8 Å². The molecule has 0 radical (unpaired) electrons. The summed E-state index contributed by atoms with van der Waals surface area (Å²) in [4.78, 5) is 31.2. The average Bonchev–Trinajstić information content (AvgIpc) is 3.39. The minimum Gasteiger partial charge on any atom is -0.496 e. The van der Waals surface area contributed by atoms with E-state index in [9.17, 15) is 9.59 Å². The largest absolute Gasteiger partial charge is 0.496 e. The van der Waals surface area contributed by atoms with Crippen LogP contribution in [0.5, 0.6) is 5.75 Å². The van der Waals surface area contributed by atoms with Crippen molar-refractivity contribution >= 4 is 17.5 Å². The minimum atomic E-state index is -0.119. The lowest BCUT2D eigenvalue weighted by atomic mass is 9.81. The number of amides is 2. The van der Waals surface area contributed by atoms with Gasteiger partial charge in [0.2, 0.25) is 11.8 Å². The third kappa shape index (κ3) is 1.94. The van der Waals surface area contributed by atoms with Crippen LogP contribution in [0.25, 0.3) is 11.3 Å². The lowest BCUT2D eigenvalue weighted by molar-refractivity contribution is -0.123. The van der Waals surface area contributed by atoms with Crippen LogP contribution in [0.3, 0.4) is 0 Å². The number of hydrogen-bond acceptors (Lipinski definition) is 5. The van der Waals surface area contributed by atoms with Gasteiger partial charge in [-0.2, -0.15) is 0 Å². The standard InChI is InChI=1S/C19H18N2O4/c1-24-14-7-12(4-5-13(14)15-8-20-9-25-15)21-18(22)16-10-2-3-11(6-10)17(16)19(21)23/h4-5,7-11,16-17H,2-3,6H2,1H3/t10?,11?,16-,17+. The van der Waals surface area contributed by atoms with Crippen molar-refractivity contribution in [2.75, 3.05) is 12.0 Å². The molecule has 0 N–H and O–H groups in total. The van der Waals surface area contributed by atoms with E-state index in [1.165, 1.54) is 11.3 Å². The van der Waals surface area contributed by atoms with E-state index in [-0.39, 0.29) is 23.7 Å². The van der Waals surface area contributed by atoms with Crippen LogP contribution in [0.1, 0.15) is 19.3 Å². The molecule has 2 aliphatic carbocycles. The van der Waals surface area contributed by atoms with Crippen LogP contribution in [-0.4, -0.2) is 23.9 Å². The van der Waals surface area contributed by atoms with Crippen LogP contribution >= 0.6 is 0 Å². The molecule has 1 aromatic heterocycles. The van der Waals surface area contributed by atoms with Gasteiger partial charge >= 0.3 is 0 Å². The number of fused-ring (bicyclic) bond motifs is 5. The average molecular weight is 338 g/mol. The first-order valence-corrected chi connectivity index (χ1v) is 8.63. The molecular formula is C19H18N2O4. The van der Waals surface area contributed by atoms with E-state index in [2.05, 4.69) is 4.98 Å². The number of anilines is 1.